The van der Waals surface area contributed by atoms with Crippen molar-refractivity contribution in [3.8, 4) is 11.8 Å². The van der Waals surface area contributed by atoms with Crippen molar-refractivity contribution in [2.75, 3.05) is 13.1 Å². The molecule has 128 valence electrons. The molecule has 1 amide bonds. The highest BCUT2D eigenvalue weighted by molar-refractivity contribution is 5.76. The number of pyridine rings is 1. The summed E-state index contributed by atoms with van der Waals surface area (Å²) >= 11 is 0. The highest BCUT2D eigenvalue weighted by Gasteiger charge is 2.30. The van der Waals surface area contributed by atoms with Crippen LogP contribution in [0.15, 0.2) is 29.5 Å². The zero-order chi connectivity index (χ0) is 17.4. The van der Waals surface area contributed by atoms with Crippen LogP contribution in [0.3, 0.4) is 0 Å². The fraction of sp³-hybridized carbons (Fsp3) is 0.267. The van der Waals surface area contributed by atoms with Gasteiger partial charge in [0.1, 0.15) is 0 Å². The summed E-state index contributed by atoms with van der Waals surface area (Å²) in [6.07, 6.45) is 4.19. The topological polar surface area (TPSA) is 137 Å². The maximum Gasteiger partial charge on any atom is 0.407 e. The molecule has 1 aliphatic heterocycles. The molecule has 0 aromatic carbocycles. The lowest BCUT2D eigenvalue weighted by molar-refractivity contribution is 0.155. The van der Waals surface area contributed by atoms with Crippen molar-refractivity contribution in [2.24, 2.45) is 0 Å². The van der Waals surface area contributed by atoms with Crippen LogP contribution in [-0.4, -0.2) is 54.3 Å². The predicted molar refractivity (Wildman–Crippen MR) is 85.8 cm³/mol. The molecular formula is C15H14N6O4. The van der Waals surface area contributed by atoms with Crippen LogP contribution in [0.2, 0.25) is 0 Å². The third-order valence-corrected chi connectivity index (χ3v) is 4.19. The van der Waals surface area contributed by atoms with Crippen LogP contribution >= 0.6 is 0 Å². The molecule has 3 aromatic rings. The van der Waals surface area contributed by atoms with Crippen molar-refractivity contribution in [3.05, 3.63) is 40.7 Å². The first-order valence-corrected chi connectivity index (χ1v) is 7.65. The number of nitrogens with one attached hydrogen (secondary N) is 2. The van der Waals surface area contributed by atoms with Crippen molar-refractivity contribution >= 4 is 17.0 Å². The van der Waals surface area contributed by atoms with Crippen LogP contribution < -0.4 is 10.3 Å². The number of nitrogens with zero attached hydrogens (tertiary/aromatic N) is 4. The van der Waals surface area contributed by atoms with E-state index in [9.17, 15) is 9.59 Å². The molecular weight excluding hydrogens is 328 g/mol. The normalized spacial score (nSPS) is 17.1. The molecule has 4 heterocycles. The van der Waals surface area contributed by atoms with E-state index in [-0.39, 0.29) is 17.5 Å². The Morgan fingerprint density at radius 1 is 1.40 bits per heavy atom. The van der Waals surface area contributed by atoms with E-state index in [4.69, 9.17) is 9.84 Å². The summed E-state index contributed by atoms with van der Waals surface area (Å²) in [6, 6.07) is 1.61. The fourth-order valence-electron chi connectivity index (χ4n) is 2.95. The maximum atomic E-state index is 12.1. The minimum absolute atomic E-state index is 0.0289. The number of aromatic amines is 2. The van der Waals surface area contributed by atoms with Gasteiger partial charge in [-0.05, 0) is 12.5 Å². The van der Waals surface area contributed by atoms with Crippen LogP contribution in [0.1, 0.15) is 18.0 Å². The summed E-state index contributed by atoms with van der Waals surface area (Å²) in [5.74, 6) is 0.353. The van der Waals surface area contributed by atoms with Crippen molar-refractivity contribution < 1.29 is 14.6 Å². The molecule has 10 nitrogen and oxygen atoms in total. The van der Waals surface area contributed by atoms with Crippen LogP contribution in [0.25, 0.3) is 10.9 Å². The molecule has 1 saturated heterocycles. The van der Waals surface area contributed by atoms with E-state index >= 15 is 0 Å². The molecule has 0 bridgehead atoms. The second-order valence-corrected chi connectivity index (χ2v) is 5.73. The molecule has 4 rings (SSSR count). The lowest BCUT2D eigenvalue weighted by Gasteiger charge is -2.12. The smallest absolute Gasteiger partial charge is 0.407 e. The molecule has 10 heteroatoms. The minimum Gasteiger partial charge on any atom is -0.465 e. The summed E-state index contributed by atoms with van der Waals surface area (Å²) < 4.78 is 5.69. The minimum atomic E-state index is -0.947. The van der Waals surface area contributed by atoms with Gasteiger partial charge in [-0.3, -0.25) is 19.9 Å². The Bertz CT molecular complexity index is 997. The maximum absolute atomic E-state index is 12.1. The average molecular weight is 342 g/mol. The van der Waals surface area contributed by atoms with Gasteiger partial charge in [0.25, 0.3) is 5.56 Å². The molecule has 0 spiro atoms. The second-order valence-electron chi connectivity index (χ2n) is 5.73. The quantitative estimate of drug-likeness (QED) is 0.652. The van der Waals surface area contributed by atoms with E-state index < -0.39 is 6.09 Å². The number of fused-ring (bicyclic) bond motifs is 1. The van der Waals surface area contributed by atoms with Crippen molar-refractivity contribution in [1.29, 1.82) is 0 Å². The van der Waals surface area contributed by atoms with Crippen LogP contribution in [0.4, 0.5) is 4.79 Å². The van der Waals surface area contributed by atoms with E-state index in [0.717, 1.165) is 0 Å². The Balaban J connectivity index is 1.62. The van der Waals surface area contributed by atoms with Gasteiger partial charge in [-0.2, -0.15) is 10.1 Å². The predicted octanol–water partition coefficient (Wildman–Crippen LogP) is 1.30. The highest BCUT2D eigenvalue weighted by Crippen LogP contribution is 2.33. The molecule has 0 unspecified atom stereocenters. The molecule has 1 atom stereocenters. The first kappa shape index (κ1) is 15.1. The van der Waals surface area contributed by atoms with Gasteiger partial charge in [0, 0.05) is 25.2 Å². The third-order valence-electron chi connectivity index (χ3n) is 4.19. The number of rotatable bonds is 3. The molecule has 0 saturated carbocycles. The van der Waals surface area contributed by atoms with Crippen LogP contribution in [-0.2, 0) is 0 Å². The van der Waals surface area contributed by atoms with E-state index in [0.29, 0.717) is 41.9 Å². The van der Waals surface area contributed by atoms with Crippen molar-refractivity contribution in [2.45, 2.75) is 12.3 Å². The van der Waals surface area contributed by atoms with Gasteiger partial charge in [-0.1, -0.05) is 0 Å². The average Bonchev–Trinajstić information content (AvgIpc) is 3.24. The Hall–Kier alpha value is -3.43. The van der Waals surface area contributed by atoms with Gasteiger partial charge >= 0.3 is 12.1 Å². The van der Waals surface area contributed by atoms with Gasteiger partial charge in [-0.15, -0.1) is 0 Å². The van der Waals surface area contributed by atoms with E-state index in [1.807, 2.05) is 0 Å². The molecule has 3 aromatic heterocycles. The standard InChI is InChI=1S/C15H14N6O4/c22-13-9-1-3-16-5-10(9)18-14(19-13)25-11-6-17-20-12(11)8-2-4-21(7-8)15(23)24/h1,3,5-6,8H,2,4,7H2,(H,17,20)(H,23,24)(H,18,19,22)/t8-/m0/s1. The lowest BCUT2D eigenvalue weighted by atomic mass is 10.0. The van der Waals surface area contributed by atoms with Crippen LogP contribution in [0, 0.1) is 0 Å². The molecule has 25 heavy (non-hydrogen) atoms. The second kappa shape index (κ2) is 5.89. The Morgan fingerprint density at radius 2 is 2.28 bits per heavy atom. The van der Waals surface area contributed by atoms with Crippen molar-refractivity contribution in [3.63, 3.8) is 0 Å². The van der Waals surface area contributed by atoms with Gasteiger partial charge in [-0.25, -0.2) is 4.79 Å². The Kier molecular flexibility index (Phi) is 3.56. The van der Waals surface area contributed by atoms with E-state index in [1.54, 1.807) is 6.07 Å². The van der Waals surface area contributed by atoms with Gasteiger partial charge in [0.05, 0.1) is 29.0 Å². The Morgan fingerprint density at radius 3 is 3.08 bits per heavy atom. The number of carboxylic acid groups (broad SMARTS) is 1. The first-order chi connectivity index (χ1) is 12.1. The molecule has 0 aliphatic carbocycles. The largest absolute Gasteiger partial charge is 0.465 e. The molecule has 3 N–H and O–H groups in total. The molecule has 1 aliphatic rings. The van der Waals surface area contributed by atoms with Crippen molar-refractivity contribution in [1.82, 2.24) is 30.0 Å². The number of hydrogen-bond acceptors (Lipinski definition) is 6. The third kappa shape index (κ3) is 2.77. The molecule has 0 radical (unpaired) electrons. The number of H-pyrrole nitrogens is 2. The van der Waals surface area contributed by atoms with Crippen LogP contribution in [0.5, 0.6) is 11.8 Å². The molecule has 1 fully saturated rings. The number of ether oxygens (including phenoxy) is 1. The summed E-state index contributed by atoms with van der Waals surface area (Å²) in [5, 5.41) is 16.3. The van der Waals surface area contributed by atoms with E-state index in [2.05, 4.69) is 25.1 Å². The zero-order valence-corrected chi connectivity index (χ0v) is 13.0. The monoisotopic (exact) mass is 342 g/mol. The van der Waals surface area contributed by atoms with Gasteiger partial charge < -0.3 is 14.7 Å². The SMILES string of the molecule is O=C(O)N1CC[C@H](c2[nH]ncc2Oc2nc3cnccc3c(=O)[nH]2)C1. The Labute approximate surface area is 140 Å². The summed E-state index contributed by atoms with van der Waals surface area (Å²) in [5.41, 5.74) is 0.771. The zero-order valence-electron chi connectivity index (χ0n) is 13.0. The number of likely N-dealkylation sites (tertiary alicyclic amines) is 1. The summed E-state index contributed by atoms with van der Waals surface area (Å²) in [7, 11) is 0. The summed E-state index contributed by atoms with van der Waals surface area (Å²) in [6.45, 7) is 0.814. The summed E-state index contributed by atoms with van der Waals surface area (Å²) in [4.78, 5) is 35.3. The highest BCUT2D eigenvalue weighted by atomic mass is 16.5. The first-order valence-electron chi connectivity index (χ1n) is 7.65. The van der Waals surface area contributed by atoms with Gasteiger partial charge in [0.2, 0.25) is 0 Å². The number of hydrogen-bond donors (Lipinski definition) is 3. The fourth-order valence-corrected chi connectivity index (χ4v) is 2.95. The number of aromatic nitrogens is 5. The van der Waals surface area contributed by atoms with Gasteiger partial charge in [0.15, 0.2) is 5.75 Å². The lowest BCUT2D eigenvalue weighted by Crippen LogP contribution is -2.26. The number of carbonyl (C=O) groups is 1. The van der Waals surface area contributed by atoms with E-state index in [1.165, 1.54) is 23.5 Å². The number of amides is 1.